The molecular formula is C13H19N2+. The number of rotatable bonds is 2. The Morgan fingerprint density at radius 1 is 1.07 bits per heavy atom. The lowest BCUT2D eigenvalue weighted by Gasteiger charge is -2.42. The van der Waals surface area contributed by atoms with Crippen LogP contribution >= 0.6 is 0 Å². The zero-order chi connectivity index (χ0) is 10.1. The first-order valence-corrected chi connectivity index (χ1v) is 6.07. The zero-order valence-corrected chi connectivity index (χ0v) is 9.08. The van der Waals surface area contributed by atoms with E-state index in [1.807, 2.05) is 0 Å². The van der Waals surface area contributed by atoms with Crippen LogP contribution in [0.1, 0.15) is 12.8 Å². The first kappa shape index (κ1) is 9.22. The monoisotopic (exact) mass is 203 g/mol. The maximum atomic E-state index is 3.69. The van der Waals surface area contributed by atoms with Crippen molar-refractivity contribution in [2.75, 3.05) is 25.0 Å². The topological polar surface area (TPSA) is 16.5 Å². The summed E-state index contributed by atoms with van der Waals surface area (Å²) in [5.41, 5.74) is 1.29. The van der Waals surface area contributed by atoms with E-state index in [-0.39, 0.29) is 0 Å². The summed E-state index contributed by atoms with van der Waals surface area (Å²) in [5, 5.41) is 3.69. The van der Waals surface area contributed by atoms with Gasteiger partial charge in [0.25, 0.3) is 0 Å². The number of piperidine rings is 3. The first-order valence-electron chi connectivity index (χ1n) is 6.07. The molecule has 2 nitrogen and oxygen atoms in total. The maximum absolute atomic E-state index is 3.69. The second kappa shape index (κ2) is 3.86. The van der Waals surface area contributed by atoms with Crippen LogP contribution in [0.25, 0.3) is 0 Å². The lowest BCUT2D eigenvalue weighted by atomic mass is 9.84. The van der Waals surface area contributed by atoms with Gasteiger partial charge in [-0.05, 0) is 18.1 Å². The second-order valence-corrected chi connectivity index (χ2v) is 4.91. The highest BCUT2D eigenvalue weighted by molar-refractivity contribution is 5.43. The predicted molar refractivity (Wildman–Crippen MR) is 62.1 cm³/mol. The number of hydrogen-bond acceptors (Lipinski definition) is 1. The minimum Gasteiger partial charge on any atom is -0.377 e. The van der Waals surface area contributed by atoms with Crippen LogP contribution in [0.5, 0.6) is 0 Å². The van der Waals surface area contributed by atoms with Gasteiger partial charge >= 0.3 is 0 Å². The van der Waals surface area contributed by atoms with E-state index in [1.165, 1.54) is 38.2 Å². The highest BCUT2D eigenvalue weighted by atomic mass is 15.2. The molecule has 3 aliphatic heterocycles. The van der Waals surface area contributed by atoms with Crippen LogP contribution in [-0.4, -0.2) is 25.7 Å². The molecule has 15 heavy (non-hydrogen) atoms. The third-order valence-corrected chi connectivity index (χ3v) is 3.94. The Hall–Kier alpha value is -1.02. The standard InChI is InChI=1S/C13H18N2/c1-2-4-12(5-3-1)14-13-10-15-8-6-11(13)7-9-15/h1-5,11,13-14H,6-10H2/p+1/t13-/m0/s1. The van der Waals surface area contributed by atoms with Crippen molar-refractivity contribution in [2.45, 2.75) is 18.9 Å². The van der Waals surface area contributed by atoms with E-state index in [1.54, 1.807) is 4.90 Å². The van der Waals surface area contributed by atoms with Crippen molar-refractivity contribution in [2.24, 2.45) is 5.92 Å². The Kier molecular flexibility index (Phi) is 2.37. The number of quaternary nitrogens is 1. The molecule has 1 aromatic carbocycles. The summed E-state index contributed by atoms with van der Waals surface area (Å²) in [5.74, 6) is 0.919. The summed E-state index contributed by atoms with van der Waals surface area (Å²) in [6.45, 7) is 4.12. The molecule has 3 fully saturated rings. The Balaban J connectivity index is 1.69. The van der Waals surface area contributed by atoms with Crippen LogP contribution in [0.3, 0.4) is 0 Å². The van der Waals surface area contributed by atoms with Gasteiger partial charge in [0.2, 0.25) is 0 Å². The highest BCUT2D eigenvalue weighted by Crippen LogP contribution is 2.21. The third kappa shape index (κ3) is 1.86. The fraction of sp³-hybridized carbons (Fsp3) is 0.538. The molecule has 3 saturated heterocycles. The van der Waals surface area contributed by atoms with E-state index >= 15 is 0 Å². The van der Waals surface area contributed by atoms with Crippen LogP contribution in [0.15, 0.2) is 30.3 Å². The van der Waals surface area contributed by atoms with E-state index in [2.05, 4.69) is 35.6 Å². The summed E-state index contributed by atoms with van der Waals surface area (Å²) in [6.07, 6.45) is 2.83. The van der Waals surface area contributed by atoms with Crippen LogP contribution in [-0.2, 0) is 0 Å². The van der Waals surface area contributed by atoms with Gasteiger partial charge < -0.3 is 10.2 Å². The van der Waals surface area contributed by atoms with Crippen molar-refractivity contribution >= 4 is 5.69 Å². The molecule has 3 heterocycles. The van der Waals surface area contributed by atoms with E-state index in [9.17, 15) is 0 Å². The fourth-order valence-electron chi connectivity index (χ4n) is 3.05. The first-order chi connectivity index (χ1) is 7.42. The molecule has 2 bridgehead atoms. The summed E-state index contributed by atoms with van der Waals surface area (Å²) >= 11 is 0. The fourth-order valence-corrected chi connectivity index (χ4v) is 3.05. The molecule has 0 saturated carbocycles. The van der Waals surface area contributed by atoms with E-state index in [4.69, 9.17) is 0 Å². The Morgan fingerprint density at radius 3 is 2.40 bits per heavy atom. The molecule has 0 spiro atoms. The van der Waals surface area contributed by atoms with Gasteiger partial charge in [-0.2, -0.15) is 0 Å². The van der Waals surface area contributed by atoms with Crippen molar-refractivity contribution in [1.29, 1.82) is 0 Å². The van der Waals surface area contributed by atoms with Crippen molar-refractivity contribution in [3.63, 3.8) is 0 Å². The maximum Gasteiger partial charge on any atom is 0.0978 e. The Morgan fingerprint density at radius 2 is 1.80 bits per heavy atom. The zero-order valence-electron chi connectivity index (χ0n) is 9.08. The van der Waals surface area contributed by atoms with Gasteiger partial charge in [0.05, 0.1) is 25.7 Å². The van der Waals surface area contributed by atoms with Gasteiger partial charge in [-0.25, -0.2) is 0 Å². The molecule has 2 heteroatoms. The molecule has 0 aromatic heterocycles. The lowest BCUT2D eigenvalue weighted by Crippen LogP contribution is -3.16. The SMILES string of the molecule is c1ccc(N[C@H]2C[NH+]3CCC2CC3)cc1. The minimum atomic E-state index is 0.713. The van der Waals surface area contributed by atoms with Gasteiger partial charge in [-0.1, -0.05) is 18.2 Å². The molecule has 1 atom stereocenters. The number of benzene rings is 1. The van der Waals surface area contributed by atoms with Crippen LogP contribution in [0.2, 0.25) is 0 Å². The molecule has 1 aromatic rings. The van der Waals surface area contributed by atoms with E-state index in [0.717, 1.165) is 5.92 Å². The van der Waals surface area contributed by atoms with Crippen LogP contribution in [0.4, 0.5) is 5.69 Å². The Labute approximate surface area is 91.3 Å². The van der Waals surface area contributed by atoms with Crippen molar-refractivity contribution < 1.29 is 4.90 Å². The number of para-hydroxylation sites is 1. The number of fused-ring (bicyclic) bond motifs is 3. The second-order valence-electron chi connectivity index (χ2n) is 4.91. The van der Waals surface area contributed by atoms with Crippen molar-refractivity contribution in [1.82, 2.24) is 0 Å². The van der Waals surface area contributed by atoms with Crippen molar-refractivity contribution in [3.8, 4) is 0 Å². The molecule has 2 N–H and O–H groups in total. The molecule has 0 unspecified atom stereocenters. The van der Waals surface area contributed by atoms with E-state index in [0.29, 0.717) is 6.04 Å². The molecule has 0 amide bonds. The molecule has 4 rings (SSSR count). The summed E-state index contributed by atoms with van der Waals surface area (Å²) in [7, 11) is 0. The molecular weight excluding hydrogens is 184 g/mol. The highest BCUT2D eigenvalue weighted by Gasteiger charge is 2.37. The van der Waals surface area contributed by atoms with Crippen LogP contribution < -0.4 is 10.2 Å². The predicted octanol–water partition coefficient (Wildman–Crippen LogP) is 0.776. The summed E-state index contributed by atoms with van der Waals surface area (Å²) in [4.78, 5) is 1.80. The average Bonchev–Trinajstić information content (AvgIpc) is 2.32. The minimum absolute atomic E-state index is 0.713. The molecule has 0 aliphatic carbocycles. The summed E-state index contributed by atoms with van der Waals surface area (Å²) < 4.78 is 0. The third-order valence-electron chi connectivity index (χ3n) is 3.94. The van der Waals surface area contributed by atoms with Gasteiger partial charge in [-0.15, -0.1) is 0 Å². The molecule has 80 valence electrons. The lowest BCUT2D eigenvalue weighted by molar-refractivity contribution is -0.916. The largest absolute Gasteiger partial charge is 0.377 e. The number of anilines is 1. The van der Waals surface area contributed by atoms with E-state index < -0.39 is 0 Å². The quantitative estimate of drug-likeness (QED) is 0.726. The molecule has 0 radical (unpaired) electrons. The van der Waals surface area contributed by atoms with Gasteiger partial charge in [0.1, 0.15) is 0 Å². The van der Waals surface area contributed by atoms with Crippen LogP contribution in [0, 0.1) is 5.92 Å². The number of hydrogen-bond donors (Lipinski definition) is 2. The van der Waals surface area contributed by atoms with Gasteiger partial charge in [-0.3, -0.25) is 0 Å². The normalized spacial score (nSPS) is 34.0. The number of nitrogens with one attached hydrogen (secondary N) is 2. The molecule has 3 aliphatic rings. The van der Waals surface area contributed by atoms with Gasteiger partial charge in [0, 0.05) is 18.5 Å². The summed E-state index contributed by atoms with van der Waals surface area (Å²) in [6, 6.07) is 11.4. The van der Waals surface area contributed by atoms with Gasteiger partial charge in [0.15, 0.2) is 0 Å². The smallest absolute Gasteiger partial charge is 0.0978 e. The Bertz CT molecular complexity index is 315. The average molecular weight is 203 g/mol. The van der Waals surface area contributed by atoms with Crippen molar-refractivity contribution in [3.05, 3.63) is 30.3 Å².